The third-order valence-electron chi connectivity index (χ3n) is 3.88. The number of hydrogen-bond donors (Lipinski definition) is 1. The fourth-order valence-corrected chi connectivity index (χ4v) is 3.59. The standard InChI is InChI=1S/C15H27N3OS/c1-18(2)15-17-14(19-3)13(20-15)11-16-12-9-7-5-4-6-8-10-12/h12,16H,4-11H2,1-3H3. The molecule has 1 heterocycles. The lowest BCUT2D eigenvalue weighted by molar-refractivity contribution is 0.375. The Kier molecular flexibility index (Phi) is 6.10. The summed E-state index contributed by atoms with van der Waals surface area (Å²) in [6.07, 6.45) is 9.55. The second-order valence-corrected chi connectivity index (χ2v) is 6.81. The van der Waals surface area contributed by atoms with Crippen molar-refractivity contribution in [2.24, 2.45) is 0 Å². The van der Waals surface area contributed by atoms with Gasteiger partial charge in [0, 0.05) is 26.7 Å². The maximum atomic E-state index is 5.39. The summed E-state index contributed by atoms with van der Waals surface area (Å²) < 4.78 is 5.39. The van der Waals surface area contributed by atoms with E-state index in [2.05, 4.69) is 10.3 Å². The van der Waals surface area contributed by atoms with Crippen molar-refractivity contribution >= 4 is 16.5 Å². The van der Waals surface area contributed by atoms with Gasteiger partial charge in [0.25, 0.3) is 0 Å². The summed E-state index contributed by atoms with van der Waals surface area (Å²) in [7, 11) is 5.74. The predicted octanol–water partition coefficient (Wildman–Crippen LogP) is 3.42. The highest BCUT2D eigenvalue weighted by Crippen LogP contribution is 2.30. The van der Waals surface area contributed by atoms with Crippen LogP contribution < -0.4 is 15.0 Å². The number of thiazole rings is 1. The Balaban J connectivity index is 1.91. The van der Waals surface area contributed by atoms with Crippen molar-refractivity contribution in [3.63, 3.8) is 0 Å². The van der Waals surface area contributed by atoms with Gasteiger partial charge in [-0.15, -0.1) is 0 Å². The van der Waals surface area contributed by atoms with Crippen LogP contribution in [0, 0.1) is 0 Å². The quantitative estimate of drug-likeness (QED) is 0.903. The first kappa shape index (κ1) is 15.6. The summed E-state index contributed by atoms with van der Waals surface area (Å²) in [5.41, 5.74) is 0. The van der Waals surface area contributed by atoms with Crippen LogP contribution in [-0.2, 0) is 6.54 Å². The van der Waals surface area contributed by atoms with Crippen LogP contribution in [0.1, 0.15) is 49.8 Å². The molecule has 2 rings (SSSR count). The molecule has 0 amide bonds. The molecule has 1 aliphatic rings. The minimum absolute atomic E-state index is 0.657. The zero-order chi connectivity index (χ0) is 14.4. The number of aromatic nitrogens is 1. The van der Waals surface area contributed by atoms with E-state index < -0.39 is 0 Å². The van der Waals surface area contributed by atoms with Crippen molar-refractivity contribution in [3.05, 3.63) is 4.88 Å². The van der Waals surface area contributed by atoms with Crippen molar-refractivity contribution in [3.8, 4) is 5.88 Å². The molecule has 1 aromatic rings. The first-order valence-electron chi connectivity index (χ1n) is 7.65. The third kappa shape index (κ3) is 4.35. The van der Waals surface area contributed by atoms with E-state index in [0.29, 0.717) is 6.04 Å². The number of nitrogens with one attached hydrogen (secondary N) is 1. The van der Waals surface area contributed by atoms with Gasteiger partial charge >= 0.3 is 0 Å². The molecule has 0 unspecified atom stereocenters. The molecule has 114 valence electrons. The van der Waals surface area contributed by atoms with Crippen LogP contribution in [0.15, 0.2) is 0 Å². The second kappa shape index (κ2) is 7.84. The smallest absolute Gasteiger partial charge is 0.230 e. The molecule has 0 radical (unpaired) electrons. The zero-order valence-corrected chi connectivity index (χ0v) is 13.8. The summed E-state index contributed by atoms with van der Waals surface area (Å²) in [5.74, 6) is 0.775. The van der Waals surface area contributed by atoms with Crippen molar-refractivity contribution in [1.82, 2.24) is 10.3 Å². The maximum Gasteiger partial charge on any atom is 0.230 e. The fraction of sp³-hybridized carbons (Fsp3) is 0.800. The van der Waals surface area contributed by atoms with Crippen LogP contribution in [0.4, 0.5) is 5.13 Å². The summed E-state index contributed by atoms with van der Waals surface area (Å²) in [5, 5.41) is 4.72. The molecule has 1 aliphatic carbocycles. The van der Waals surface area contributed by atoms with Gasteiger partial charge in [-0.3, -0.25) is 0 Å². The Morgan fingerprint density at radius 2 is 1.85 bits per heavy atom. The van der Waals surface area contributed by atoms with Gasteiger partial charge in [0.05, 0.1) is 12.0 Å². The number of ether oxygens (including phenoxy) is 1. The monoisotopic (exact) mass is 297 g/mol. The van der Waals surface area contributed by atoms with Gasteiger partial charge in [0.2, 0.25) is 5.88 Å². The van der Waals surface area contributed by atoms with E-state index in [1.165, 1.54) is 49.8 Å². The molecule has 1 N–H and O–H groups in total. The zero-order valence-electron chi connectivity index (χ0n) is 12.9. The van der Waals surface area contributed by atoms with Gasteiger partial charge in [0.1, 0.15) is 0 Å². The van der Waals surface area contributed by atoms with Gasteiger partial charge in [-0.25, -0.2) is 0 Å². The Hall–Kier alpha value is -0.810. The van der Waals surface area contributed by atoms with Gasteiger partial charge in [-0.05, 0) is 12.8 Å². The van der Waals surface area contributed by atoms with Gasteiger partial charge in [0.15, 0.2) is 5.13 Å². The second-order valence-electron chi connectivity index (χ2n) is 5.75. The van der Waals surface area contributed by atoms with Crippen molar-refractivity contribution < 1.29 is 4.74 Å². The molecular formula is C15H27N3OS. The van der Waals surface area contributed by atoms with E-state index >= 15 is 0 Å². The van der Waals surface area contributed by atoms with E-state index in [9.17, 15) is 0 Å². The van der Waals surface area contributed by atoms with Gasteiger partial charge in [-0.1, -0.05) is 43.4 Å². The Bertz CT molecular complexity index is 398. The number of hydrogen-bond acceptors (Lipinski definition) is 5. The highest BCUT2D eigenvalue weighted by molar-refractivity contribution is 7.15. The number of anilines is 1. The number of nitrogens with zero attached hydrogens (tertiary/aromatic N) is 2. The molecule has 1 saturated carbocycles. The summed E-state index contributed by atoms with van der Waals surface area (Å²) in [6.45, 7) is 0.874. The molecule has 4 nitrogen and oxygen atoms in total. The molecule has 0 aliphatic heterocycles. The molecule has 0 atom stereocenters. The molecule has 0 saturated heterocycles. The maximum absolute atomic E-state index is 5.39. The molecule has 1 aromatic heterocycles. The van der Waals surface area contributed by atoms with E-state index in [1.54, 1.807) is 18.4 Å². The topological polar surface area (TPSA) is 37.4 Å². The molecule has 20 heavy (non-hydrogen) atoms. The molecule has 0 aromatic carbocycles. The first-order chi connectivity index (χ1) is 9.70. The van der Waals surface area contributed by atoms with Crippen molar-refractivity contribution in [1.29, 1.82) is 0 Å². The van der Waals surface area contributed by atoms with Crippen LogP contribution >= 0.6 is 11.3 Å². The van der Waals surface area contributed by atoms with E-state index in [1.807, 2.05) is 19.0 Å². The third-order valence-corrected chi connectivity index (χ3v) is 5.09. The number of rotatable bonds is 5. The molecule has 0 spiro atoms. The summed E-state index contributed by atoms with van der Waals surface area (Å²) >= 11 is 1.72. The van der Waals surface area contributed by atoms with E-state index in [-0.39, 0.29) is 0 Å². The van der Waals surface area contributed by atoms with Crippen LogP contribution in [0.5, 0.6) is 5.88 Å². The van der Waals surface area contributed by atoms with Crippen LogP contribution in [-0.4, -0.2) is 32.2 Å². The lowest BCUT2D eigenvalue weighted by atomic mass is 9.97. The minimum Gasteiger partial charge on any atom is -0.480 e. The average molecular weight is 297 g/mol. The highest BCUT2D eigenvalue weighted by atomic mass is 32.1. The largest absolute Gasteiger partial charge is 0.480 e. The van der Waals surface area contributed by atoms with Crippen LogP contribution in [0.2, 0.25) is 0 Å². The molecule has 5 heteroatoms. The molecular weight excluding hydrogens is 270 g/mol. The Morgan fingerprint density at radius 3 is 2.45 bits per heavy atom. The van der Waals surface area contributed by atoms with Gasteiger partial charge in [-0.2, -0.15) is 4.98 Å². The predicted molar refractivity (Wildman–Crippen MR) is 85.9 cm³/mol. The van der Waals surface area contributed by atoms with E-state index in [0.717, 1.165) is 17.6 Å². The SMILES string of the molecule is COc1nc(N(C)C)sc1CNC1CCCCCCC1. The minimum atomic E-state index is 0.657. The highest BCUT2D eigenvalue weighted by Gasteiger charge is 2.16. The summed E-state index contributed by atoms with van der Waals surface area (Å²) in [4.78, 5) is 7.75. The van der Waals surface area contributed by atoms with Crippen LogP contribution in [0.3, 0.4) is 0 Å². The average Bonchev–Trinajstić information content (AvgIpc) is 2.81. The van der Waals surface area contributed by atoms with Crippen molar-refractivity contribution in [2.75, 3.05) is 26.1 Å². The first-order valence-corrected chi connectivity index (χ1v) is 8.46. The van der Waals surface area contributed by atoms with Gasteiger partial charge < -0.3 is 15.0 Å². The van der Waals surface area contributed by atoms with Crippen molar-refractivity contribution in [2.45, 2.75) is 57.5 Å². The molecule has 1 fully saturated rings. The number of methoxy groups -OCH3 is 1. The summed E-state index contributed by atoms with van der Waals surface area (Å²) in [6, 6.07) is 0.657. The van der Waals surface area contributed by atoms with E-state index in [4.69, 9.17) is 4.74 Å². The lowest BCUT2D eigenvalue weighted by Crippen LogP contribution is -2.29. The Morgan fingerprint density at radius 1 is 1.20 bits per heavy atom. The normalized spacial score (nSPS) is 17.6. The Labute approximate surface area is 126 Å². The lowest BCUT2D eigenvalue weighted by Gasteiger charge is -2.20. The van der Waals surface area contributed by atoms with Crippen LogP contribution in [0.25, 0.3) is 0 Å². The molecule has 0 bridgehead atoms. The fourth-order valence-electron chi connectivity index (χ4n) is 2.69.